The molecule has 0 aliphatic carbocycles. The number of halogens is 1. The molecule has 1 aliphatic rings. The van der Waals surface area contributed by atoms with Gasteiger partial charge in [0.15, 0.2) is 0 Å². The highest BCUT2D eigenvalue weighted by Crippen LogP contribution is 2.24. The molecule has 1 saturated heterocycles. The van der Waals surface area contributed by atoms with Gasteiger partial charge in [0.1, 0.15) is 5.75 Å². The van der Waals surface area contributed by atoms with Crippen molar-refractivity contribution >= 4 is 17.5 Å². The zero-order valence-electron chi connectivity index (χ0n) is 16.7. The molecule has 2 aromatic rings. The van der Waals surface area contributed by atoms with Gasteiger partial charge in [-0.15, -0.1) is 0 Å². The average molecular weight is 401 g/mol. The van der Waals surface area contributed by atoms with Crippen LogP contribution in [-0.4, -0.2) is 49.0 Å². The van der Waals surface area contributed by atoms with E-state index in [1.54, 1.807) is 7.11 Å². The standard InChI is InChI=1S/C23H29ClN2O2/c1-18(20-5-3-6-21(24)17-20)25-13-4-14-26(16-15-25)23(27)12-9-19-7-10-22(28-2)11-8-19/h3,5-8,10-11,17-18H,4,9,12-16H2,1-2H3. The van der Waals surface area contributed by atoms with Crippen LogP contribution in [0.3, 0.4) is 0 Å². The van der Waals surface area contributed by atoms with Crippen molar-refractivity contribution in [3.05, 3.63) is 64.7 Å². The van der Waals surface area contributed by atoms with Gasteiger partial charge in [-0.1, -0.05) is 35.9 Å². The molecule has 0 radical (unpaired) electrons. The Balaban J connectivity index is 1.51. The van der Waals surface area contributed by atoms with Crippen LogP contribution < -0.4 is 4.74 Å². The van der Waals surface area contributed by atoms with Crippen LogP contribution in [0.4, 0.5) is 0 Å². The molecule has 1 aliphatic heterocycles. The largest absolute Gasteiger partial charge is 0.497 e. The molecule has 1 amide bonds. The van der Waals surface area contributed by atoms with Crippen molar-refractivity contribution in [2.75, 3.05) is 33.3 Å². The minimum absolute atomic E-state index is 0.244. The van der Waals surface area contributed by atoms with E-state index in [-0.39, 0.29) is 5.91 Å². The molecule has 28 heavy (non-hydrogen) atoms. The molecule has 2 aromatic carbocycles. The van der Waals surface area contributed by atoms with E-state index in [2.05, 4.69) is 17.9 Å². The Labute approximate surface area is 173 Å². The summed E-state index contributed by atoms with van der Waals surface area (Å²) < 4.78 is 5.18. The van der Waals surface area contributed by atoms with E-state index in [1.807, 2.05) is 47.4 Å². The number of nitrogens with zero attached hydrogens (tertiary/aromatic N) is 2. The molecule has 0 spiro atoms. The van der Waals surface area contributed by atoms with Crippen LogP contribution in [0.25, 0.3) is 0 Å². The van der Waals surface area contributed by atoms with Gasteiger partial charge in [0.05, 0.1) is 7.11 Å². The maximum atomic E-state index is 12.7. The molecule has 1 fully saturated rings. The number of amides is 1. The van der Waals surface area contributed by atoms with Crippen molar-refractivity contribution in [1.82, 2.24) is 9.80 Å². The van der Waals surface area contributed by atoms with Crippen LogP contribution in [0.1, 0.15) is 36.9 Å². The van der Waals surface area contributed by atoms with Crippen molar-refractivity contribution < 1.29 is 9.53 Å². The lowest BCUT2D eigenvalue weighted by Gasteiger charge is -2.28. The number of carbonyl (C=O) groups is 1. The van der Waals surface area contributed by atoms with Crippen LogP contribution in [-0.2, 0) is 11.2 Å². The van der Waals surface area contributed by atoms with Gasteiger partial charge in [0.2, 0.25) is 5.91 Å². The minimum Gasteiger partial charge on any atom is -0.497 e. The third-order valence-corrected chi connectivity index (χ3v) is 5.78. The number of carbonyl (C=O) groups excluding carboxylic acids is 1. The Morgan fingerprint density at radius 2 is 1.89 bits per heavy atom. The summed E-state index contributed by atoms with van der Waals surface area (Å²) in [6.45, 7) is 5.72. The summed E-state index contributed by atoms with van der Waals surface area (Å²) in [7, 11) is 1.66. The molecule has 1 atom stereocenters. The summed E-state index contributed by atoms with van der Waals surface area (Å²) in [5.41, 5.74) is 2.40. The molecule has 5 heteroatoms. The Kier molecular flexibility index (Phi) is 7.35. The highest BCUT2D eigenvalue weighted by atomic mass is 35.5. The lowest BCUT2D eigenvalue weighted by molar-refractivity contribution is -0.131. The first kappa shape index (κ1) is 20.7. The molecule has 1 unspecified atom stereocenters. The Morgan fingerprint density at radius 1 is 1.11 bits per heavy atom. The van der Waals surface area contributed by atoms with E-state index in [0.29, 0.717) is 12.5 Å². The van der Waals surface area contributed by atoms with E-state index in [1.165, 1.54) is 11.1 Å². The fourth-order valence-electron chi connectivity index (χ4n) is 3.75. The number of hydrogen-bond acceptors (Lipinski definition) is 3. The van der Waals surface area contributed by atoms with Crippen molar-refractivity contribution in [1.29, 1.82) is 0 Å². The highest BCUT2D eigenvalue weighted by Gasteiger charge is 2.22. The monoisotopic (exact) mass is 400 g/mol. The van der Waals surface area contributed by atoms with Gasteiger partial charge in [0, 0.05) is 43.7 Å². The number of aryl methyl sites for hydroxylation is 1. The predicted octanol–water partition coefficient (Wildman–Crippen LogP) is 4.58. The second kappa shape index (κ2) is 9.94. The second-order valence-electron chi connectivity index (χ2n) is 7.35. The molecular formula is C23H29ClN2O2. The molecule has 4 nitrogen and oxygen atoms in total. The number of methoxy groups -OCH3 is 1. The van der Waals surface area contributed by atoms with Gasteiger partial charge in [-0.2, -0.15) is 0 Å². The Hall–Kier alpha value is -2.04. The summed E-state index contributed by atoms with van der Waals surface area (Å²) in [6, 6.07) is 16.3. The third kappa shape index (κ3) is 5.49. The number of ether oxygens (including phenoxy) is 1. The van der Waals surface area contributed by atoms with Gasteiger partial charge >= 0.3 is 0 Å². The maximum absolute atomic E-state index is 12.7. The molecule has 0 aromatic heterocycles. The first-order valence-corrected chi connectivity index (χ1v) is 10.3. The van der Waals surface area contributed by atoms with Crippen molar-refractivity contribution in [2.45, 2.75) is 32.2 Å². The normalized spacial score (nSPS) is 16.5. The Bertz CT molecular complexity index is 778. The average Bonchev–Trinajstić information content (AvgIpc) is 2.98. The number of benzene rings is 2. The fourth-order valence-corrected chi connectivity index (χ4v) is 3.95. The Morgan fingerprint density at radius 3 is 2.61 bits per heavy atom. The van der Waals surface area contributed by atoms with E-state index >= 15 is 0 Å². The van der Waals surface area contributed by atoms with Gasteiger partial charge < -0.3 is 9.64 Å². The van der Waals surface area contributed by atoms with E-state index in [0.717, 1.165) is 49.8 Å². The minimum atomic E-state index is 0.244. The van der Waals surface area contributed by atoms with Crippen LogP contribution in [0, 0.1) is 0 Å². The van der Waals surface area contributed by atoms with Crippen molar-refractivity contribution in [2.24, 2.45) is 0 Å². The first-order chi connectivity index (χ1) is 13.6. The summed E-state index contributed by atoms with van der Waals surface area (Å²) in [6.07, 6.45) is 2.32. The van der Waals surface area contributed by atoms with Gasteiger partial charge in [-0.05, 0) is 55.2 Å². The molecular weight excluding hydrogens is 372 g/mol. The summed E-state index contributed by atoms with van der Waals surface area (Å²) >= 11 is 6.15. The quantitative estimate of drug-likeness (QED) is 0.711. The summed E-state index contributed by atoms with van der Waals surface area (Å²) in [5, 5.41) is 0.773. The van der Waals surface area contributed by atoms with E-state index in [9.17, 15) is 4.79 Å². The van der Waals surface area contributed by atoms with Gasteiger partial charge in [-0.3, -0.25) is 9.69 Å². The number of hydrogen-bond donors (Lipinski definition) is 0. The molecule has 0 bridgehead atoms. The van der Waals surface area contributed by atoms with Gasteiger partial charge in [-0.25, -0.2) is 0 Å². The van der Waals surface area contributed by atoms with Gasteiger partial charge in [0.25, 0.3) is 0 Å². The van der Waals surface area contributed by atoms with E-state index < -0.39 is 0 Å². The fraction of sp³-hybridized carbons (Fsp3) is 0.435. The van der Waals surface area contributed by atoms with Crippen molar-refractivity contribution in [3.8, 4) is 5.75 Å². The molecule has 0 N–H and O–H groups in total. The smallest absolute Gasteiger partial charge is 0.222 e. The zero-order valence-corrected chi connectivity index (χ0v) is 17.5. The predicted molar refractivity (Wildman–Crippen MR) is 114 cm³/mol. The van der Waals surface area contributed by atoms with Crippen LogP contribution in [0.5, 0.6) is 5.75 Å². The third-order valence-electron chi connectivity index (χ3n) is 5.55. The van der Waals surface area contributed by atoms with Crippen LogP contribution in [0.15, 0.2) is 48.5 Å². The zero-order chi connectivity index (χ0) is 19.9. The lowest BCUT2D eigenvalue weighted by atomic mass is 10.1. The lowest BCUT2D eigenvalue weighted by Crippen LogP contribution is -2.36. The summed E-state index contributed by atoms with van der Waals surface area (Å²) in [4.78, 5) is 17.2. The second-order valence-corrected chi connectivity index (χ2v) is 7.79. The van der Waals surface area contributed by atoms with Crippen molar-refractivity contribution in [3.63, 3.8) is 0 Å². The SMILES string of the molecule is COc1ccc(CCC(=O)N2CCCN(C(C)c3cccc(Cl)c3)CC2)cc1. The molecule has 3 rings (SSSR count). The highest BCUT2D eigenvalue weighted by molar-refractivity contribution is 6.30. The molecule has 0 saturated carbocycles. The van der Waals surface area contributed by atoms with Crippen LogP contribution in [0.2, 0.25) is 5.02 Å². The molecule has 150 valence electrons. The first-order valence-electron chi connectivity index (χ1n) is 9.97. The summed E-state index contributed by atoms with van der Waals surface area (Å²) in [5.74, 6) is 1.09. The van der Waals surface area contributed by atoms with E-state index in [4.69, 9.17) is 16.3 Å². The molecule has 1 heterocycles. The number of rotatable bonds is 6. The topological polar surface area (TPSA) is 32.8 Å². The van der Waals surface area contributed by atoms with Crippen LogP contribution >= 0.6 is 11.6 Å². The maximum Gasteiger partial charge on any atom is 0.222 e.